The van der Waals surface area contributed by atoms with Gasteiger partial charge in [-0.3, -0.25) is 4.79 Å². The maximum atomic E-state index is 14.4. The van der Waals surface area contributed by atoms with Crippen LogP contribution in [0.15, 0.2) is 51.9 Å². The third kappa shape index (κ3) is 4.13. The Balaban J connectivity index is 1.55. The van der Waals surface area contributed by atoms with Gasteiger partial charge in [-0.15, -0.1) is 0 Å². The fourth-order valence-corrected chi connectivity index (χ4v) is 5.36. The van der Waals surface area contributed by atoms with Crippen LogP contribution in [0.1, 0.15) is 16.1 Å². The lowest BCUT2D eigenvalue weighted by molar-refractivity contribution is 0.0696. The van der Waals surface area contributed by atoms with Gasteiger partial charge < -0.3 is 9.42 Å². The number of hydrogen-bond acceptors (Lipinski definition) is 5. The molecule has 168 valence electrons. The number of rotatable bonds is 4. The molecule has 1 aromatic heterocycles. The van der Waals surface area contributed by atoms with Crippen LogP contribution < -0.4 is 0 Å². The lowest BCUT2D eigenvalue weighted by Crippen LogP contribution is -2.50. The summed E-state index contributed by atoms with van der Waals surface area (Å²) in [6, 6.07) is 10.1. The summed E-state index contributed by atoms with van der Waals surface area (Å²) in [5, 5.41) is 4.40. The number of aryl methyl sites for hydroxylation is 1. The van der Waals surface area contributed by atoms with Crippen LogP contribution in [0.25, 0.3) is 11.3 Å². The molecule has 2 aromatic carbocycles. The number of aromatic nitrogens is 1. The van der Waals surface area contributed by atoms with Crippen molar-refractivity contribution in [3.05, 3.63) is 69.7 Å². The van der Waals surface area contributed by atoms with Gasteiger partial charge in [0.1, 0.15) is 22.8 Å². The molecule has 0 atom stereocenters. The number of amides is 1. The highest BCUT2D eigenvalue weighted by atomic mass is 35.5. The SMILES string of the molecule is Cc1onc(-c2c(F)cccc2Cl)c1C(=O)N1CCN(S(=O)(=O)c2ccc(Cl)cc2)CC1. The van der Waals surface area contributed by atoms with E-state index in [1.165, 1.54) is 51.7 Å². The molecule has 0 unspecified atom stereocenters. The second kappa shape index (κ2) is 8.82. The van der Waals surface area contributed by atoms with Crippen molar-refractivity contribution in [2.24, 2.45) is 0 Å². The Morgan fingerprint density at radius 1 is 1.06 bits per heavy atom. The van der Waals surface area contributed by atoms with Crippen molar-refractivity contribution in [1.29, 1.82) is 0 Å². The summed E-state index contributed by atoms with van der Waals surface area (Å²) in [6.07, 6.45) is 0. The molecule has 1 saturated heterocycles. The van der Waals surface area contributed by atoms with Crippen LogP contribution in [-0.2, 0) is 10.0 Å². The molecular formula is C21H18Cl2FN3O4S. The van der Waals surface area contributed by atoms with Crippen LogP contribution in [0, 0.1) is 12.7 Å². The highest BCUT2D eigenvalue weighted by Crippen LogP contribution is 2.34. The first-order valence-electron chi connectivity index (χ1n) is 9.66. The molecule has 0 saturated carbocycles. The Hall–Kier alpha value is -2.46. The number of carbonyl (C=O) groups is 1. The minimum absolute atomic E-state index is 0.0154. The molecule has 4 rings (SSSR count). The van der Waals surface area contributed by atoms with E-state index in [0.717, 1.165) is 0 Å². The average molecular weight is 498 g/mol. The molecule has 1 aliphatic rings. The molecule has 0 radical (unpaired) electrons. The summed E-state index contributed by atoms with van der Waals surface area (Å²) in [5.74, 6) is -0.833. The van der Waals surface area contributed by atoms with Gasteiger partial charge in [-0.2, -0.15) is 4.31 Å². The minimum Gasteiger partial charge on any atom is -0.360 e. The zero-order chi connectivity index (χ0) is 23.0. The molecule has 1 fully saturated rings. The first-order valence-corrected chi connectivity index (χ1v) is 11.9. The van der Waals surface area contributed by atoms with E-state index >= 15 is 0 Å². The second-order valence-electron chi connectivity index (χ2n) is 7.21. The van der Waals surface area contributed by atoms with Gasteiger partial charge in [-0.05, 0) is 43.3 Å². The predicted octanol–water partition coefficient (Wildman–Crippen LogP) is 4.24. The molecule has 32 heavy (non-hydrogen) atoms. The molecule has 3 aromatic rings. The fraction of sp³-hybridized carbons (Fsp3) is 0.238. The predicted molar refractivity (Wildman–Crippen MR) is 118 cm³/mol. The number of halogens is 3. The van der Waals surface area contributed by atoms with Gasteiger partial charge in [0.15, 0.2) is 0 Å². The smallest absolute Gasteiger partial charge is 0.259 e. The molecule has 1 amide bonds. The van der Waals surface area contributed by atoms with E-state index in [9.17, 15) is 17.6 Å². The van der Waals surface area contributed by atoms with Crippen LogP contribution >= 0.6 is 23.2 Å². The Morgan fingerprint density at radius 3 is 2.34 bits per heavy atom. The number of piperazine rings is 1. The van der Waals surface area contributed by atoms with E-state index in [1.54, 1.807) is 6.92 Å². The van der Waals surface area contributed by atoms with Gasteiger partial charge in [-0.25, -0.2) is 12.8 Å². The van der Waals surface area contributed by atoms with Gasteiger partial charge in [0, 0.05) is 31.2 Å². The topological polar surface area (TPSA) is 83.7 Å². The van der Waals surface area contributed by atoms with Crippen molar-refractivity contribution >= 4 is 39.1 Å². The van der Waals surface area contributed by atoms with Crippen molar-refractivity contribution in [3.63, 3.8) is 0 Å². The Morgan fingerprint density at radius 2 is 1.72 bits per heavy atom. The van der Waals surface area contributed by atoms with Crippen LogP contribution in [0.4, 0.5) is 4.39 Å². The quantitative estimate of drug-likeness (QED) is 0.538. The first-order chi connectivity index (χ1) is 15.2. The van der Waals surface area contributed by atoms with Gasteiger partial charge in [0.25, 0.3) is 5.91 Å². The van der Waals surface area contributed by atoms with E-state index in [2.05, 4.69) is 5.16 Å². The molecule has 0 spiro atoms. The van der Waals surface area contributed by atoms with Gasteiger partial charge >= 0.3 is 0 Å². The molecule has 0 N–H and O–H groups in total. The lowest BCUT2D eigenvalue weighted by Gasteiger charge is -2.34. The molecule has 1 aliphatic heterocycles. The molecule has 11 heteroatoms. The minimum atomic E-state index is -3.71. The maximum absolute atomic E-state index is 14.4. The van der Waals surface area contributed by atoms with Gasteiger partial charge in [0.2, 0.25) is 10.0 Å². The third-order valence-corrected chi connectivity index (χ3v) is 7.73. The Bertz CT molecular complexity index is 1250. The van der Waals surface area contributed by atoms with Crippen LogP contribution in [0.5, 0.6) is 0 Å². The van der Waals surface area contributed by atoms with E-state index in [0.29, 0.717) is 5.02 Å². The number of benzene rings is 2. The monoisotopic (exact) mass is 497 g/mol. The van der Waals surface area contributed by atoms with Crippen molar-refractivity contribution in [1.82, 2.24) is 14.4 Å². The second-order valence-corrected chi connectivity index (χ2v) is 9.99. The molecule has 2 heterocycles. The molecular weight excluding hydrogens is 480 g/mol. The summed E-state index contributed by atoms with van der Waals surface area (Å²) in [7, 11) is -3.71. The zero-order valence-electron chi connectivity index (χ0n) is 16.9. The van der Waals surface area contributed by atoms with Crippen molar-refractivity contribution in [3.8, 4) is 11.3 Å². The van der Waals surface area contributed by atoms with E-state index in [4.69, 9.17) is 27.7 Å². The molecule has 7 nitrogen and oxygen atoms in total. The van der Waals surface area contributed by atoms with Gasteiger partial charge in [0.05, 0.1) is 15.5 Å². The summed E-state index contributed by atoms with van der Waals surface area (Å²) in [6.45, 7) is 2.08. The molecule has 0 aliphatic carbocycles. The number of nitrogens with zero attached hydrogens (tertiary/aromatic N) is 3. The highest BCUT2D eigenvalue weighted by molar-refractivity contribution is 7.89. The number of hydrogen-bond donors (Lipinski definition) is 0. The number of sulfonamides is 1. The normalized spacial score (nSPS) is 15.2. The third-order valence-electron chi connectivity index (χ3n) is 5.25. The van der Waals surface area contributed by atoms with Crippen LogP contribution in [0.2, 0.25) is 10.0 Å². The average Bonchev–Trinajstić information content (AvgIpc) is 3.14. The maximum Gasteiger partial charge on any atom is 0.259 e. The first kappa shape index (κ1) is 22.7. The summed E-state index contributed by atoms with van der Waals surface area (Å²) < 4.78 is 46.7. The number of carbonyl (C=O) groups excluding carboxylic acids is 1. The Kier molecular flexibility index (Phi) is 6.26. The van der Waals surface area contributed by atoms with E-state index in [-0.39, 0.29) is 58.7 Å². The zero-order valence-corrected chi connectivity index (χ0v) is 19.2. The Labute approximate surface area is 194 Å². The largest absolute Gasteiger partial charge is 0.360 e. The molecule has 0 bridgehead atoms. The van der Waals surface area contributed by atoms with E-state index in [1.807, 2.05) is 0 Å². The standard InChI is InChI=1S/C21H18Cl2FN3O4S/c1-13-18(20(25-31-13)19-16(23)3-2-4-17(19)24)21(28)26-9-11-27(12-10-26)32(29,30)15-7-5-14(22)6-8-15/h2-8H,9-12H2,1H3. The van der Waals surface area contributed by atoms with Crippen LogP contribution in [0.3, 0.4) is 0 Å². The van der Waals surface area contributed by atoms with Crippen molar-refractivity contribution in [2.75, 3.05) is 26.2 Å². The van der Waals surface area contributed by atoms with Crippen molar-refractivity contribution in [2.45, 2.75) is 11.8 Å². The van der Waals surface area contributed by atoms with Crippen molar-refractivity contribution < 1.29 is 22.1 Å². The highest BCUT2D eigenvalue weighted by Gasteiger charge is 2.33. The lowest BCUT2D eigenvalue weighted by atomic mass is 10.0. The van der Waals surface area contributed by atoms with Crippen LogP contribution in [-0.4, -0.2) is 54.9 Å². The summed E-state index contributed by atoms with van der Waals surface area (Å²) >= 11 is 12.0. The van der Waals surface area contributed by atoms with Gasteiger partial charge in [-0.1, -0.05) is 34.4 Å². The van der Waals surface area contributed by atoms with E-state index < -0.39 is 21.7 Å². The fourth-order valence-electron chi connectivity index (χ4n) is 3.56. The summed E-state index contributed by atoms with van der Waals surface area (Å²) in [4.78, 5) is 14.9. The summed E-state index contributed by atoms with van der Waals surface area (Å²) in [5.41, 5.74) is 0.108.